The average Bonchev–Trinajstić information content (AvgIpc) is 4.01. The van der Waals surface area contributed by atoms with E-state index < -0.39 is 11.7 Å². The lowest BCUT2D eigenvalue weighted by Crippen LogP contribution is -2.56. The number of benzene rings is 3. The smallest absolute Gasteiger partial charge is 0.293 e. The fourth-order valence-corrected chi connectivity index (χ4v) is 7.45. The van der Waals surface area contributed by atoms with Crippen LogP contribution in [0.2, 0.25) is 0 Å². The first-order chi connectivity index (χ1) is 25.6. The van der Waals surface area contributed by atoms with Crippen LogP contribution in [0.1, 0.15) is 60.0 Å². The number of piperazine rings is 1. The van der Waals surface area contributed by atoms with E-state index in [1.165, 1.54) is 16.7 Å². The molecule has 3 N–H and O–H groups in total. The highest BCUT2D eigenvalue weighted by Crippen LogP contribution is 2.40. The van der Waals surface area contributed by atoms with Crippen LogP contribution < -0.4 is 26.4 Å². The molecule has 7 rings (SSSR count). The van der Waals surface area contributed by atoms with Gasteiger partial charge in [-0.1, -0.05) is 24.8 Å². The maximum atomic E-state index is 14.9. The molecular formula is C41H46FN7O4. The number of ether oxygens (including phenoxy) is 1. The van der Waals surface area contributed by atoms with Gasteiger partial charge in [-0.3, -0.25) is 19.3 Å². The topological polar surface area (TPSA) is 121 Å². The van der Waals surface area contributed by atoms with E-state index in [0.717, 1.165) is 69.8 Å². The van der Waals surface area contributed by atoms with E-state index in [2.05, 4.69) is 39.3 Å². The molecule has 1 atom stereocenters. The summed E-state index contributed by atoms with van der Waals surface area (Å²) in [5.74, 6) is -0.957. The molecule has 0 spiro atoms. The van der Waals surface area contributed by atoms with E-state index in [-0.39, 0.29) is 28.9 Å². The number of aryl methyl sites for hydroxylation is 1. The lowest BCUT2D eigenvalue weighted by Gasteiger charge is -2.45. The number of aromatic nitrogens is 2. The molecule has 0 radical (unpaired) electrons. The van der Waals surface area contributed by atoms with Crippen LogP contribution in [0.15, 0.2) is 78.2 Å². The Hall–Kier alpha value is -5.33. The van der Waals surface area contributed by atoms with Crippen molar-refractivity contribution in [2.45, 2.75) is 57.5 Å². The molecule has 276 valence electrons. The molecule has 0 bridgehead atoms. The van der Waals surface area contributed by atoms with Gasteiger partial charge in [0.05, 0.1) is 22.6 Å². The zero-order chi connectivity index (χ0) is 37.2. The number of halogens is 1. The van der Waals surface area contributed by atoms with Crippen molar-refractivity contribution in [3.63, 3.8) is 0 Å². The first kappa shape index (κ1) is 36.0. The molecule has 53 heavy (non-hydrogen) atoms. The SMILES string of the molecule is C=CC(=O)Nc1cc(Nc2nc(-c3cccc(NC(=O)c4ccc(C5CC5)cc4F)c3C)cn(C)c2=O)ccc1N1CCN(C2CCOCC2)C[C@@H]1C. The van der Waals surface area contributed by atoms with Gasteiger partial charge in [-0.25, -0.2) is 9.37 Å². The number of carbonyl (C=O) groups is 2. The van der Waals surface area contributed by atoms with E-state index in [1.807, 2.05) is 31.2 Å². The summed E-state index contributed by atoms with van der Waals surface area (Å²) in [6.07, 6.45) is 7.04. The third kappa shape index (κ3) is 7.89. The van der Waals surface area contributed by atoms with Gasteiger partial charge in [0.2, 0.25) is 5.91 Å². The number of amides is 2. The third-order valence-electron chi connectivity index (χ3n) is 10.6. The standard InChI is InChI=1S/C41H46FN7O4/c1-5-38(50)44-35-22-29(12-14-37(35)49-18-17-48(23-25(49)2)30-15-19-53-20-16-30)43-39-41(52)47(4)24-36(45-39)31-7-6-8-34(26(31)3)46-40(51)32-13-11-28(21-33(32)42)27-9-10-27/h5-8,11-14,21-22,24-25,27,30H,1,9-10,15-20,23H2,2-4H3,(H,43,45)(H,44,50)(H,46,51)/t25-/m0/s1. The summed E-state index contributed by atoms with van der Waals surface area (Å²) in [5, 5.41) is 9.01. The Balaban J connectivity index is 1.12. The second-order valence-electron chi connectivity index (χ2n) is 14.3. The van der Waals surface area contributed by atoms with E-state index in [0.29, 0.717) is 45.8 Å². The fraction of sp³-hybridized carbons (Fsp3) is 0.366. The summed E-state index contributed by atoms with van der Waals surface area (Å²) in [7, 11) is 1.65. The van der Waals surface area contributed by atoms with Crippen LogP contribution in [0.4, 0.5) is 33.0 Å². The highest BCUT2D eigenvalue weighted by atomic mass is 19.1. The second kappa shape index (κ2) is 15.3. The maximum absolute atomic E-state index is 14.9. The van der Waals surface area contributed by atoms with Gasteiger partial charge < -0.3 is 30.2 Å². The van der Waals surface area contributed by atoms with Crippen LogP contribution in [0.25, 0.3) is 11.3 Å². The highest BCUT2D eigenvalue weighted by Gasteiger charge is 2.31. The Kier molecular flexibility index (Phi) is 10.4. The number of nitrogens with zero attached hydrogens (tertiary/aromatic N) is 4. The molecule has 1 saturated carbocycles. The van der Waals surface area contributed by atoms with Gasteiger partial charge in [0.1, 0.15) is 5.82 Å². The number of hydrogen-bond donors (Lipinski definition) is 3. The molecule has 1 aliphatic carbocycles. The van der Waals surface area contributed by atoms with Crippen molar-refractivity contribution < 1.29 is 18.7 Å². The van der Waals surface area contributed by atoms with Gasteiger partial charge in [0.15, 0.2) is 5.82 Å². The van der Waals surface area contributed by atoms with Gasteiger partial charge in [-0.15, -0.1) is 0 Å². The van der Waals surface area contributed by atoms with Crippen LogP contribution in [-0.2, 0) is 16.6 Å². The Labute approximate surface area is 308 Å². The Morgan fingerprint density at radius 2 is 1.79 bits per heavy atom. The van der Waals surface area contributed by atoms with Gasteiger partial charge in [0.25, 0.3) is 11.5 Å². The van der Waals surface area contributed by atoms with E-state index in [1.54, 1.807) is 37.5 Å². The predicted molar refractivity (Wildman–Crippen MR) is 207 cm³/mol. The molecule has 3 fully saturated rings. The number of rotatable bonds is 10. The van der Waals surface area contributed by atoms with E-state index >= 15 is 0 Å². The maximum Gasteiger partial charge on any atom is 0.293 e. The lowest BCUT2D eigenvalue weighted by atomic mass is 10.0. The first-order valence-electron chi connectivity index (χ1n) is 18.3. The third-order valence-corrected chi connectivity index (χ3v) is 10.6. The quantitative estimate of drug-likeness (QED) is 0.157. The van der Waals surface area contributed by atoms with Crippen molar-refractivity contribution >= 4 is 40.4 Å². The monoisotopic (exact) mass is 719 g/mol. The molecule has 3 heterocycles. The molecule has 12 heteroatoms. The molecule has 3 aliphatic rings. The summed E-state index contributed by atoms with van der Waals surface area (Å²) in [5.41, 5.74) is 4.99. The lowest BCUT2D eigenvalue weighted by molar-refractivity contribution is -0.111. The molecule has 1 aromatic heterocycles. The van der Waals surface area contributed by atoms with E-state index in [4.69, 9.17) is 9.72 Å². The molecule has 2 aliphatic heterocycles. The van der Waals surface area contributed by atoms with Gasteiger partial charge in [0, 0.05) is 75.1 Å². The molecule has 2 saturated heterocycles. The number of hydrogen-bond acceptors (Lipinski definition) is 8. The van der Waals surface area contributed by atoms with Crippen molar-refractivity contribution in [2.75, 3.05) is 53.7 Å². The van der Waals surface area contributed by atoms with Crippen molar-refractivity contribution in [3.05, 3.63) is 106 Å². The van der Waals surface area contributed by atoms with Crippen LogP contribution in [-0.4, -0.2) is 71.2 Å². The highest BCUT2D eigenvalue weighted by molar-refractivity contribution is 6.05. The molecule has 3 aromatic carbocycles. The van der Waals surface area contributed by atoms with Gasteiger partial charge in [-0.2, -0.15) is 0 Å². The van der Waals surface area contributed by atoms with Crippen LogP contribution in [0.5, 0.6) is 0 Å². The zero-order valence-electron chi connectivity index (χ0n) is 30.5. The minimum atomic E-state index is -0.543. The van der Waals surface area contributed by atoms with Crippen LogP contribution >= 0.6 is 0 Å². The van der Waals surface area contributed by atoms with Gasteiger partial charge >= 0.3 is 0 Å². The Morgan fingerprint density at radius 1 is 1.00 bits per heavy atom. The minimum Gasteiger partial charge on any atom is -0.381 e. The number of nitrogens with one attached hydrogen (secondary N) is 3. The largest absolute Gasteiger partial charge is 0.381 e. The van der Waals surface area contributed by atoms with Crippen molar-refractivity contribution in [1.29, 1.82) is 0 Å². The van der Waals surface area contributed by atoms with E-state index in [9.17, 15) is 18.8 Å². The zero-order valence-corrected chi connectivity index (χ0v) is 30.5. The average molecular weight is 720 g/mol. The van der Waals surface area contributed by atoms with Crippen molar-refractivity contribution in [3.8, 4) is 11.3 Å². The Bertz CT molecular complexity index is 2110. The summed E-state index contributed by atoms with van der Waals surface area (Å²) >= 11 is 0. The molecule has 0 unspecified atom stereocenters. The second-order valence-corrected chi connectivity index (χ2v) is 14.3. The molecule has 4 aromatic rings. The number of carbonyl (C=O) groups excluding carboxylic acids is 2. The molecular weight excluding hydrogens is 673 g/mol. The normalized spacial score (nSPS) is 18.0. The van der Waals surface area contributed by atoms with Crippen LogP contribution in [0, 0.1) is 12.7 Å². The summed E-state index contributed by atoms with van der Waals surface area (Å²) in [4.78, 5) is 48.7. The van der Waals surface area contributed by atoms with Crippen molar-refractivity contribution in [1.82, 2.24) is 14.5 Å². The summed E-state index contributed by atoms with van der Waals surface area (Å²) < 4.78 is 21.9. The molecule has 11 nitrogen and oxygen atoms in total. The van der Waals surface area contributed by atoms with Crippen LogP contribution in [0.3, 0.4) is 0 Å². The van der Waals surface area contributed by atoms with Gasteiger partial charge in [-0.05, 0) is 99.0 Å². The number of anilines is 5. The molecule has 2 amide bonds. The fourth-order valence-electron chi connectivity index (χ4n) is 7.45. The Morgan fingerprint density at radius 3 is 2.51 bits per heavy atom. The summed E-state index contributed by atoms with van der Waals surface area (Å²) in [6, 6.07) is 16.6. The first-order valence-corrected chi connectivity index (χ1v) is 18.3. The summed E-state index contributed by atoms with van der Waals surface area (Å²) in [6.45, 7) is 11.9. The van der Waals surface area contributed by atoms with Crippen molar-refractivity contribution in [2.24, 2.45) is 7.05 Å². The minimum absolute atomic E-state index is 0.0210. The predicted octanol–water partition coefficient (Wildman–Crippen LogP) is 6.58.